The summed E-state index contributed by atoms with van der Waals surface area (Å²) in [6.07, 6.45) is -1.23. The highest BCUT2D eigenvalue weighted by molar-refractivity contribution is 6.01. The lowest BCUT2D eigenvalue weighted by Crippen LogP contribution is -2.47. The fraction of sp³-hybridized carbons (Fsp3) is 0.400. The van der Waals surface area contributed by atoms with E-state index in [0.29, 0.717) is 17.0 Å². The molecule has 124 valence electrons. The molecule has 2 amide bonds. The summed E-state index contributed by atoms with van der Waals surface area (Å²) in [5, 5.41) is 2.51. The molecule has 1 aliphatic heterocycles. The molecule has 1 atom stereocenters. The largest absolute Gasteiger partial charge is 0.479 e. The van der Waals surface area contributed by atoms with E-state index in [4.69, 9.17) is 4.74 Å². The second-order valence-electron chi connectivity index (χ2n) is 4.84. The molecule has 0 saturated heterocycles. The summed E-state index contributed by atoms with van der Waals surface area (Å²) in [7, 11) is 2.54. The van der Waals surface area contributed by atoms with Crippen LogP contribution in [0.5, 0.6) is 5.75 Å². The fourth-order valence-corrected chi connectivity index (χ4v) is 2.22. The van der Waals surface area contributed by atoms with Crippen LogP contribution in [0.3, 0.4) is 0 Å². The molecule has 0 saturated carbocycles. The molecule has 1 aliphatic rings. The van der Waals surface area contributed by atoms with Crippen molar-refractivity contribution in [3.63, 3.8) is 0 Å². The van der Waals surface area contributed by atoms with Crippen LogP contribution in [0.1, 0.15) is 17.3 Å². The monoisotopic (exact) mass is 322 g/mol. The van der Waals surface area contributed by atoms with Gasteiger partial charge < -0.3 is 24.4 Å². The van der Waals surface area contributed by atoms with Crippen molar-refractivity contribution < 1.29 is 28.6 Å². The third-order valence-electron chi connectivity index (χ3n) is 3.38. The quantitative estimate of drug-likeness (QED) is 0.829. The van der Waals surface area contributed by atoms with Crippen LogP contribution in [0.15, 0.2) is 18.2 Å². The lowest BCUT2D eigenvalue weighted by atomic mass is 10.1. The predicted molar refractivity (Wildman–Crippen MR) is 80.6 cm³/mol. The summed E-state index contributed by atoms with van der Waals surface area (Å²) in [5.74, 6) is -0.277. The number of rotatable bonds is 4. The number of nitrogens with one attached hydrogen (secondary N) is 1. The predicted octanol–water partition coefficient (Wildman–Crippen LogP) is 0.943. The number of esters is 1. The first kappa shape index (κ1) is 16.6. The summed E-state index contributed by atoms with van der Waals surface area (Å²) in [6, 6.07) is 4.71. The Bertz CT molecular complexity index is 630. The first-order chi connectivity index (χ1) is 11.0. The zero-order valence-corrected chi connectivity index (χ0v) is 13.1. The molecule has 0 aliphatic carbocycles. The van der Waals surface area contributed by atoms with E-state index in [-0.39, 0.29) is 19.0 Å². The molecule has 1 heterocycles. The molecule has 8 heteroatoms. The van der Waals surface area contributed by atoms with E-state index < -0.39 is 18.2 Å². The zero-order valence-electron chi connectivity index (χ0n) is 13.1. The first-order valence-electron chi connectivity index (χ1n) is 7.00. The Kier molecular flexibility index (Phi) is 5.05. The van der Waals surface area contributed by atoms with Crippen molar-refractivity contribution in [2.75, 3.05) is 32.2 Å². The van der Waals surface area contributed by atoms with Gasteiger partial charge in [-0.05, 0) is 25.1 Å². The minimum atomic E-state index is -0.649. The van der Waals surface area contributed by atoms with Crippen molar-refractivity contribution in [3.8, 4) is 5.75 Å². The summed E-state index contributed by atoms with van der Waals surface area (Å²) >= 11 is 0. The number of nitrogens with zero attached hydrogens (tertiary/aromatic N) is 1. The number of benzene rings is 1. The Labute approximate surface area is 133 Å². The topological polar surface area (TPSA) is 94.2 Å². The molecule has 23 heavy (non-hydrogen) atoms. The van der Waals surface area contributed by atoms with E-state index in [1.165, 1.54) is 25.2 Å². The first-order valence-corrected chi connectivity index (χ1v) is 7.00. The number of alkyl carbamates (subject to hydrolysis) is 1. The van der Waals surface area contributed by atoms with Crippen molar-refractivity contribution in [2.45, 2.75) is 13.0 Å². The van der Waals surface area contributed by atoms with Crippen LogP contribution in [-0.4, -0.2) is 51.4 Å². The maximum Gasteiger partial charge on any atom is 0.406 e. The molecule has 1 N–H and O–H groups in total. The molecular formula is C15H18N2O6. The fourth-order valence-electron chi connectivity index (χ4n) is 2.22. The molecule has 0 aromatic heterocycles. The van der Waals surface area contributed by atoms with E-state index in [2.05, 4.69) is 14.8 Å². The van der Waals surface area contributed by atoms with Crippen molar-refractivity contribution >= 4 is 23.7 Å². The molecule has 1 aromatic rings. The summed E-state index contributed by atoms with van der Waals surface area (Å²) < 4.78 is 14.7. The summed E-state index contributed by atoms with van der Waals surface area (Å²) in [5.41, 5.74) is 0.769. The lowest BCUT2D eigenvalue weighted by Gasteiger charge is -2.33. The van der Waals surface area contributed by atoms with Gasteiger partial charge in [0, 0.05) is 13.1 Å². The normalized spacial score (nSPS) is 16.2. The second-order valence-corrected chi connectivity index (χ2v) is 4.84. The van der Waals surface area contributed by atoms with E-state index in [1.807, 2.05) is 0 Å². The van der Waals surface area contributed by atoms with Gasteiger partial charge in [0.2, 0.25) is 0 Å². The number of methoxy groups -OCH3 is 2. The highest BCUT2D eigenvalue weighted by Crippen LogP contribution is 2.34. The van der Waals surface area contributed by atoms with Crippen LogP contribution in [0.2, 0.25) is 0 Å². The van der Waals surface area contributed by atoms with Crippen LogP contribution in [0, 0.1) is 0 Å². The lowest BCUT2D eigenvalue weighted by molar-refractivity contribution is -0.125. The molecule has 2 rings (SSSR count). The third kappa shape index (κ3) is 3.53. The average Bonchev–Trinajstić information content (AvgIpc) is 2.56. The standard InChI is InChI=1S/C15H18N2O6/c1-9-13(18)17(7-6-16-15(20)22-3)11-8-10(14(19)21-2)4-5-12(11)23-9/h4-5,8-9H,6-7H2,1-3H3,(H,16,20)/t9-/m1/s1. The molecule has 0 bridgehead atoms. The average molecular weight is 322 g/mol. The Morgan fingerprint density at radius 2 is 2.04 bits per heavy atom. The molecule has 8 nitrogen and oxygen atoms in total. The molecule has 0 unspecified atom stereocenters. The Balaban J connectivity index is 2.25. The number of hydrogen-bond donors (Lipinski definition) is 1. The zero-order chi connectivity index (χ0) is 17.0. The molecule has 0 spiro atoms. The number of ether oxygens (including phenoxy) is 3. The molecule has 0 radical (unpaired) electrons. The van der Waals surface area contributed by atoms with Gasteiger partial charge in [-0.1, -0.05) is 0 Å². The number of fused-ring (bicyclic) bond motifs is 1. The van der Waals surface area contributed by atoms with Gasteiger partial charge in [-0.25, -0.2) is 9.59 Å². The van der Waals surface area contributed by atoms with Crippen LogP contribution >= 0.6 is 0 Å². The number of carbonyl (C=O) groups is 3. The summed E-state index contributed by atoms with van der Waals surface area (Å²) in [4.78, 5) is 36.5. The summed E-state index contributed by atoms with van der Waals surface area (Å²) in [6.45, 7) is 2.06. The van der Waals surface area contributed by atoms with E-state index in [9.17, 15) is 14.4 Å². The van der Waals surface area contributed by atoms with Crippen molar-refractivity contribution in [1.82, 2.24) is 5.32 Å². The highest BCUT2D eigenvalue weighted by Gasteiger charge is 2.32. The minimum Gasteiger partial charge on any atom is -0.479 e. The van der Waals surface area contributed by atoms with E-state index >= 15 is 0 Å². The van der Waals surface area contributed by atoms with Gasteiger partial charge in [0.15, 0.2) is 6.10 Å². The van der Waals surface area contributed by atoms with Crippen LogP contribution in [0.4, 0.5) is 10.5 Å². The van der Waals surface area contributed by atoms with Crippen molar-refractivity contribution in [1.29, 1.82) is 0 Å². The number of anilines is 1. The highest BCUT2D eigenvalue weighted by atomic mass is 16.5. The van der Waals surface area contributed by atoms with Crippen LogP contribution in [0.25, 0.3) is 0 Å². The van der Waals surface area contributed by atoms with Gasteiger partial charge in [0.05, 0.1) is 25.5 Å². The molecule has 1 aromatic carbocycles. The van der Waals surface area contributed by atoms with Gasteiger partial charge in [0.1, 0.15) is 5.75 Å². The van der Waals surface area contributed by atoms with Crippen LogP contribution in [-0.2, 0) is 14.3 Å². The van der Waals surface area contributed by atoms with Gasteiger partial charge in [-0.2, -0.15) is 0 Å². The van der Waals surface area contributed by atoms with E-state index in [0.717, 1.165) is 0 Å². The maximum atomic E-state index is 12.3. The van der Waals surface area contributed by atoms with Gasteiger partial charge in [-0.3, -0.25) is 4.79 Å². The molecular weight excluding hydrogens is 304 g/mol. The number of hydrogen-bond acceptors (Lipinski definition) is 6. The van der Waals surface area contributed by atoms with Gasteiger partial charge in [0.25, 0.3) is 5.91 Å². The Hall–Kier alpha value is -2.77. The second kappa shape index (κ2) is 6.99. The Morgan fingerprint density at radius 1 is 1.30 bits per heavy atom. The SMILES string of the molecule is COC(=O)NCCN1C(=O)[C@@H](C)Oc2ccc(C(=O)OC)cc21. The minimum absolute atomic E-state index is 0.201. The third-order valence-corrected chi connectivity index (χ3v) is 3.38. The van der Waals surface area contributed by atoms with Gasteiger partial charge >= 0.3 is 12.1 Å². The number of amides is 2. The van der Waals surface area contributed by atoms with Crippen molar-refractivity contribution in [3.05, 3.63) is 23.8 Å². The van der Waals surface area contributed by atoms with Crippen molar-refractivity contribution in [2.24, 2.45) is 0 Å². The molecule has 0 fully saturated rings. The van der Waals surface area contributed by atoms with Gasteiger partial charge in [-0.15, -0.1) is 0 Å². The van der Waals surface area contributed by atoms with Crippen LogP contribution < -0.4 is 15.0 Å². The Morgan fingerprint density at radius 3 is 2.70 bits per heavy atom. The van der Waals surface area contributed by atoms with E-state index in [1.54, 1.807) is 19.1 Å². The maximum absolute atomic E-state index is 12.3. The number of carbonyl (C=O) groups excluding carboxylic acids is 3. The smallest absolute Gasteiger partial charge is 0.406 e.